The van der Waals surface area contributed by atoms with Crippen LogP contribution in [-0.2, 0) is 0 Å². The first kappa shape index (κ1) is 11.1. The average molecular weight is 232 g/mol. The molecule has 2 aromatic rings. The molecule has 3 N–H and O–H groups in total. The summed E-state index contributed by atoms with van der Waals surface area (Å²) < 4.78 is 0. The number of anilines is 1. The second kappa shape index (κ2) is 4.25. The van der Waals surface area contributed by atoms with Crippen LogP contribution in [-0.4, -0.2) is 26.9 Å². The summed E-state index contributed by atoms with van der Waals surface area (Å²) in [6.45, 7) is 3.28. The standard InChI is InChI=1S/C11H12N4O2/c1-6-3-10(15-14-6)13-11(17)9-4-8(5-12-9)7(2)16/h3-5,12H,1-2H3,(H2,13,14,15,17). The number of ketones is 1. The van der Waals surface area contributed by atoms with Gasteiger partial charge >= 0.3 is 0 Å². The fraction of sp³-hybridized carbons (Fsp3) is 0.182. The molecule has 1 amide bonds. The molecule has 0 fully saturated rings. The summed E-state index contributed by atoms with van der Waals surface area (Å²) in [6.07, 6.45) is 1.51. The predicted molar refractivity (Wildman–Crippen MR) is 62.1 cm³/mol. The van der Waals surface area contributed by atoms with Crippen LogP contribution in [0.4, 0.5) is 5.82 Å². The molecule has 17 heavy (non-hydrogen) atoms. The molecule has 0 spiro atoms. The first-order chi connectivity index (χ1) is 8.06. The van der Waals surface area contributed by atoms with E-state index in [1.54, 1.807) is 6.07 Å². The van der Waals surface area contributed by atoms with Crippen molar-refractivity contribution in [2.45, 2.75) is 13.8 Å². The molecular weight excluding hydrogens is 220 g/mol. The molecule has 2 aromatic heterocycles. The molecule has 0 radical (unpaired) electrons. The number of amides is 1. The highest BCUT2D eigenvalue weighted by molar-refractivity contribution is 6.04. The molecule has 0 atom stereocenters. The van der Waals surface area contributed by atoms with Crippen LogP contribution in [0.1, 0.15) is 33.5 Å². The van der Waals surface area contributed by atoms with Gasteiger partial charge in [-0.1, -0.05) is 0 Å². The highest BCUT2D eigenvalue weighted by Gasteiger charge is 2.11. The smallest absolute Gasteiger partial charge is 0.273 e. The van der Waals surface area contributed by atoms with E-state index in [0.29, 0.717) is 17.1 Å². The average Bonchev–Trinajstić information content (AvgIpc) is 2.86. The Labute approximate surface area is 97.4 Å². The van der Waals surface area contributed by atoms with Crippen molar-refractivity contribution in [3.8, 4) is 0 Å². The maximum Gasteiger partial charge on any atom is 0.273 e. The van der Waals surface area contributed by atoms with Crippen molar-refractivity contribution in [1.82, 2.24) is 15.2 Å². The molecule has 6 nitrogen and oxygen atoms in total. The van der Waals surface area contributed by atoms with Gasteiger partial charge in [-0.15, -0.1) is 0 Å². The van der Waals surface area contributed by atoms with Gasteiger partial charge in [-0.25, -0.2) is 0 Å². The lowest BCUT2D eigenvalue weighted by molar-refractivity contribution is 0.101. The van der Waals surface area contributed by atoms with Crippen molar-refractivity contribution < 1.29 is 9.59 Å². The Morgan fingerprint density at radius 2 is 2.12 bits per heavy atom. The predicted octanol–water partition coefficient (Wildman–Crippen LogP) is 1.50. The van der Waals surface area contributed by atoms with Gasteiger partial charge in [0.2, 0.25) is 0 Å². The molecule has 88 valence electrons. The van der Waals surface area contributed by atoms with E-state index in [1.807, 2.05) is 6.92 Å². The summed E-state index contributed by atoms with van der Waals surface area (Å²) in [5.74, 6) is 0.0337. The Bertz CT molecular complexity index is 568. The van der Waals surface area contributed by atoms with Crippen LogP contribution in [0.25, 0.3) is 0 Å². The minimum absolute atomic E-state index is 0.0871. The second-order valence-electron chi connectivity index (χ2n) is 3.75. The van der Waals surface area contributed by atoms with E-state index in [1.165, 1.54) is 19.2 Å². The van der Waals surface area contributed by atoms with Gasteiger partial charge in [0, 0.05) is 23.5 Å². The SMILES string of the molecule is CC(=O)c1c[nH]c(C(=O)Nc2cc(C)[nH]n2)c1. The normalized spacial score (nSPS) is 10.2. The van der Waals surface area contributed by atoms with Crippen LogP contribution >= 0.6 is 0 Å². The molecule has 0 bridgehead atoms. The number of carbonyl (C=O) groups excluding carboxylic acids is 2. The number of hydrogen-bond acceptors (Lipinski definition) is 3. The number of nitrogens with one attached hydrogen (secondary N) is 3. The molecule has 0 saturated carbocycles. The Morgan fingerprint density at radius 3 is 2.65 bits per heavy atom. The largest absolute Gasteiger partial charge is 0.356 e. The number of aromatic amines is 2. The van der Waals surface area contributed by atoms with Gasteiger partial charge in [0.25, 0.3) is 5.91 Å². The molecule has 0 aromatic carbocycles. The summed E-state index contributed by atoms with van der Waals surface area (Å²) >= 11 is 0. The Balaban J connectivity index is 2.11. The molecule has 0 saturated heterocycles. The quantitative estimate of drug-likeness (QED) is 0.700. The third kappa shape index (κ3) is 2.41. The van der Waals surface area contributed by atoms with Crippen LogP contribution < -0.4 is 5.32 Å². The zero-order valence-corrected chi connectivity index (χ0v) is 9.50. The van der Waals surface area contributed by atoms with Crippen LogP contribution in [0.15, 0.2) is 18.3 Å². The van der Waals surface area contributed by atoms with Crippen molar-refractivity contribution in [3.05, 3.63) is 35.3 Å². The number of Topliss-reactive ketones (excluding diaryl/α,β-unsaturated/α-hetero) is 1. The molecule has 0 aliphatic carbocycles. The van der Waals surface area contributed by atoms with Gasteiger partial charge < -0.3 is 10.3 Å². The Morgan fingerprint density at radius 1 is 1.35 bits per heavy atom. The van der Waals surface area contributed by atoms with E-state index in [4.69, 9.17) is 0 Å². The first-order valence-electron chi connectivity index (χ1n) is 5.09. The van der Waals surface area contributed by atoms with E-state index in [0.717, 1.165) is 5.69 Å². The second-order valence-corrected chi connectivity index (χ2v) is 3.75. The summed E-state index contributed by atoms with van der Waals surface area (Å²) in [4.78, 5) is 25.6. The summed E-state index contributed by atoms with van der Waals surface area (Å²) in [5.41, 5.74) is 1.67. The summed E-state index contributed by atoms with van der Waals surface area (Å²) in [6, 6.07) is 3.23. The molecule has 0 aliphatic rings. The maximum atomic E-state index is 11.8. The van der Waals surface area contributed by atoms with Crippen molar-refractivity contribution in [1.29, 1.82) is 0 Å². The van der Waals surface area contributed by atoms with Crippen molar-refractivity contribution >= 4 is 17.5 Å². The van der Waals surface area contributed by atoms with Gasteiger partial charge in [0.05, 0.1) is 0 Å². The number of H-pyrrole nitrogens is 2. The Kier molecular flexibility index (Phi) is 2.78. The van der Waals surface area contributed by atoms with Gasteiger partial charge in [0.1, 0.15) is 5.69 Å². The van der Waals surface area contributed by atoms with E-state index < -0.39 is 0 Å². The number of hydrogen-bond donors (Lipinski definition) is 3. The number of aromatic nitrogens is 3. The zero-order chi connectivity index (χ0) is 12.4. The van der Waals surface area contributed by atoms with E-state index in [-0.39, 0.29) is 11.7 Å². The Hall–Kier alpha value is -2.37. The third-order valence-electron chi connectivity index (χ3n) is 2.28. The lowest BCUT2D eigenvalue weighted by Crippen LogP contribution is -2.12. The number of rotatable bonds is 3. The highest BCUT2D eigenvalue weighted by Crippen LogP contribution is 2.08. The number of aryl methyl sites for hydroxylation is 1. The fourth-order valence-corrected chi connectivity index (χ4v) is 1.39. The minimum Gasteiger partial charge on any atom is -0.356 e. The van der Waals surface area contributed by atoms with Crippen molar-refractivity contribution in [2.24, 2.45) is 0 Å². The number of nitrogens with zero attached hydrogens (tertiary/aromatic N) is 1. The molecular formula is C11H12N4O2. The van der Waals surface area contributed by atoms with Crippen molar-refractivity contribution in [3.63, 3.8) is 0 Å². The topological polar surface area (TPSA) is 90.6 Å². The van der Waals surface area contributed by atoms with Gasteiger partial charge in [-0.2, -0.15) is 5.10 Å². The highest BCUT2D eigenvalue weighted by atomic mass is 16.2. The molecule has 2 heterocycles. The van der Waals surface area contributed by atoms with Crippen molar-refractivity contribution in [2.75, 3.05) is 5.32 Å². The van der Waals surface area contributed by atoms with Crippen LogP contribution in [0.2, 0.25) is 0 Å². The molecule has 2 rings (SSSR count). The fourth-order valence-electron chi connectivity index (χ4n) is 1.39. The van der Waals surface area contributed by atoms with Crippen LogP contribution in [0.3, 0.4) is 0 Å². The zero-order valence-electron chi connectivity index (χ0n) is 9.50. The summed E-state index contributed by atoms with van der Waals surface area (Å²) in [5, 5.41) is 9.21. The summed E-state index contributed by atoms with van der Waals surface area (Å²) in [7, 11) is 0. The number of carbonyl (C=O) groups is 2. The van der Waals surface area contributed by atoms with Gasteiger partial charge in [0.15, 0.2) is 11.6 Å². The van der Waals surface area contributed by atoms with E-state index in [9.17, 15) is 9.59 Å². The van der Waals surface area contributed by atoms with Crippen LogP contribution in [0.5, 0.6) is 0 Å². The molecule has 6 heteroatoms. The minimum atomic E-state index is -0.330. The molecule has 0 unspecified atom stereocenters. The lowest BCUT2D eigenvalue weighted by atomic mass is 10.2. The van der Waals surface area contributed by atoms with Crippen LogP contribution in [0, 0.1) is 6.92 Å². The maximum absolute atomic E-state index is 11.8. The van der Waals surface area contributed by atoms with Gasteiger partial charge in [-0.05, 0) is 19.9 Å². The third-order valence-corrected chi connectivity index (χ3v) is 2.28. The monoisotopic (exact) mass is 232 g/mol. The molecule has 0 aliphatic heterocycles. The first-order valence-corrected chi connectivity index (χ1v) is 5.09. The van der Waals surface area contributed by atoms with E-state index in [2.05, 4.69) is 20.5 Å². The van der Waals surface area contributed by atoms with E-state index >= 15 is 0 Å². The van der Waals surface area contributed by atoms with Gasteiger partial charge in [-0.3, -0.25) is 14.7 Å². The lowest BCUT2D eigenvalue weighted by Gasteiger charge is -1.97.